The summed E-state index contributed by atoms with van der Waals surface area (Å²) in [6.07, 6.45) is 0.677. The topological polar surface area (TPSA) is 54.7 Å². The highest BCUT2D eigenvalue weighted by Gasteiger charge is 2.10. The lowest BCUT2D eigenvalue weighted by molar-refractivity contribution is -0.00000401. The van der Waals surface area contributed by atoms with Crippen LogP contribution in [-0.2, 0) is 6.42 Å². The van der Waals surface area contributed by atoms with Gasteiger partial charge in [-0.15, -0.1) is 0 Å². The van der Waals surface area contributed by atoms with Gasteiger partial charge in [0, 0.05) is 17.5 Å². The molecule has 0 aliphatic heterocycles. The van der Waals surface area contributed by atoms with Crippen LogP contribution < -0.4 is 18.1 Å². The molecule has 3 rings (SSSR count). The normalized spacial score (nSPS) is 12.1. The molecular weight excluding hydrogens is 293 g/mol. The molecule has 1 heterocycles. The van der Waals surface area contributed by atoms with Gasteiger partial charge >= 0.3 is 0 Å². The predicted octanol–water partition coefficient (Wildman–Crippen LogP) is 0.463. The van der Waals surface area contributed by atoms with E-state index in [-0.39, 0.29) is 18.4 Å². The minimum atomic E-state index is -0.0853. The molecular formula is C15H14Cl2N3-. The summed E-state index contributed by atoms with van der Waals surface area (Å²) in [5, 5.41) is 0.722. The van der Waals surface area contributed by atoms with Gasteiger partial charge < -0.3 is 23.1 Å². The Bertz CT molecular complexity index is 659. The van der Waals surface area contributed by atoms with E-state index in [1.165, 1.54) is 0 Å². The Labute approximate surface area is 128 Å². The zero-order valence-electron chi connectivity index (χ0n) is 10.7. The number of nitrogens with two attached hydrogens (primary N) is 1. The van der Waals surface area contributed by atoms with Crippen LogP contribution in [0.15, 0.2) is 48.5 Å². The maximum absolute atomic E-state index is 6.20. The van der Waals surface area contributed by atoms with Crippen molar-refractivity contribution in [1.29, 1.82) is 0 Å². The first-order valence-corrected chi connectivity index (χ1v) is 6.55. The highest BCUT2D eigenvalue weighted by atomic mass is 35.5. The molecule has 1 unspecified atom stereocenters. The van der Waals surface area contributed by atoms with E-state index in [2.05, 4.69) is 9.97 Å². The lowest BCUT2D eigenvalue weighted by Crippen LogP contribution is -3.00. The molecule has 0 spiro atoms. The summed E-state index contributed by atoms with van der Waals surface area (Å²) < 4.78 is 0. The number of nitrogens with one attached hydrogen (secondary N) is 1. The van der Waals surface area contributed by atoms with Gasteiger partial charge in [0.25, 0.3) is 0 Å². The fraction of sp³-hybridized carbons (Fsp3) is 0.133. The largest absolute Gasteiger partial charge is 1.00 e. The van der Waals surface area contributed by atoms with Crippen LogP contribution in [0.5, 0.6) is 0 Å². The van der Waals surface area contributed by atoms with Crippen LogP contribution in [0.2, 0.25) is 5.02 Å². The highest BCUT2D eigenvalue weighted by Crippen LogP contribution is 2.19. The Morgan fingerprint density at radius 2 is 1.80 bits per heavy atom. The van der Waals surface area contributed by atoms with Crippen molar-refractivity contribution in [2.75, 3.05) is 0 Å². The second kappa shape index (κ2) is 6.27. The monoisotopic (exact) mass is 306 g/mol. The van der Waals surface area contributed by atoms with E-state index in [4.69, 9.17) is 17.3 Å². The number of nitrogens with zero attached hydrogens (tertiary/aromatic N) is 1. The van der Waals surface area contributed by atoms with Gasteiger partial charge in [0.15, 0.2) is 0 Å². The molecule has 0 aliphatic carbocycles. The first-order chi connectivity index (χ1) is 9.22. The zero-order valence-corrected chi connectivity index (χ0v) is 12.2. The van der Waals surface area contributed by atoms with Crippen LogP contribution >= 0.6 is 11.6 Å². The SMILES string of the molecule is NC(Cc1nc2ccccc2[nH]1)c1ccc(Cl)cc1.[Cl-]. The summed E-state index contributed by atoms with van der Waals surface area (Å²) in [6.45, 7) is 0. The van der Waals surface area contributed by atoms with Gasteiger partial charge in [0.1, 0.15) is 5.82 Å². The molecule has 0 radical (unpaired) electrons. The highest BCUT2D eigenvalue weighted by molar-refractivity contribution is 6.30. The summed E-state index contributed by atoms with van der Waals surface area (Å²) in [6, 6.07) is 15.5. The van der Waals surface area contributed by atoms with Gasteiger partial charge in [-0.1, -0.05) is 35.9 Å². The molecule has 5 heteroatoms. The van der Waals surface area contributed by atoms with Crippen LogP contribution in [0.3, 0.4) is 0 Å². The smallest absolute Gasteiger partial charge is 0.109 e. The number of para-hydroxylation sites is 2. The third-order valence-electron chi connectivity index (χ3n) is 3.15. The molecule has 3 N–H and O–H groups in total. The number of aromatic amines is 1. The van der Waals surface area contributed by atoms with Crippen LogP contribution in [0.4, 0.5) is 0 Å². The number of benzene rings is 2. The van der Waals surface area contributed by atoms with E-state index in [9.17, 15) is 0 Å². The molecule has 1 aromatic heterocycles. The molecule has 0 amide bonds. The van der Waals surface area contributed by atoms with E-state index in [1.54, 1.807) is 0 Å². The molecule has 3 nitrogen and oxygen atoms in total. The van der Waals surface area contributed by atoms with E-state index in [0.29, 0.717) is 6.42 Å². The van der Waals surface area contributed by atoms with E-state index in [1.807, 2.05) is 48.5 Å². The molecule has 0 fully saturated rings. The fourth-order valence-corrected chi connectivity index (χ4v) is 2.26. The summed E-state index contributed by atoms with van der Waals surface area (Å²) in [4.78, 5) is 7.82. The summed E-state index contributed by atoms with van der Waals surface area (Å²) >= 11 is 5.87. The Kier molecular flexibility index (Phi) is 4.65. The fourth-order valence-electron chi connectivity index (χ4n) is 2.14. The average Bonchev–Trinajstić information content (AvgIpc) is 2.81. The van der Waals surface area contributed by atoms with Crippen LogP contribution in [-0.4, -0.2) is 9.97 Å². The molecule has 20 heavy (non-hydrogen) atoms. The van der Waals surface area contributed by atoms with Gasteiger partial charge in [-0.2, -0.15) is 0 Å². The van der Waals surface area contributed by atoms with Crippen molar-refractivity contribution in [2.24, 2.45) is 5.73 Å². The first kappa shape index (κ1) is 14.9. The first-order valence-electron chi connectivity index (χ1n) is 6.17. The number of fused-ring (bicyclic) bond motifs is 1. The number of hydrogen-bond donors (Lipinski definition) is 2. The Hall–Kier alpha value is -1.55. The lowest BCUT2D eigenvalue weighted by Gasteiger charge is -2.10. The zero-order chi connectivity index (χ0) is 13.2. The van der Waals surface area contributed by atoms with Crippen molar-refractivity contribution < 1.29 is 12.4 Å². The minimum Gasteiger partial charge on any atom is -1.00 e. The molecule has 0 bridgehead atoms. The van der Waals surface area contributed by atoms with Crippen LogP contribution in [0.25, 0.3) is 11.0 Å². The second-order valence-electron chi connectivity index (χ2n) is 4.56. The van der Waals surface area contributed by atoms with Gasteiger partial charge in [0.2, 0.25) is 0 Å². The van der Waals surface area contributed by atoms with Gasteiger partial charge in [-0.25, -0.2) is 4.98 Å². The maximum atomic E-state index is 6.20. The molecule has 0 aliphatic rings. The number of halogens is 2. The Morgan fingerprint density at radius 3 is 2.50 bits per heavy atom. The van der Waals surface area contributed by atoms with Crippen molar-refractivity contribution >= 4 is 22.6 Å². The molecule has 2 aromatic carbocycles. The molecule has 104 valence electrons. The van der Waals surface area contributed by atoms with E-state index >= 15 is 0 Å². The molecule has 3 aromatic rings. The van der Waals surface area contributed by atoms with Crippen molar-refractivity contribution in [3.8, 4) is 0 Å². The summed E-state index contributed by atoms with van der Waals surface area (Å²) in [5.41, 5.74) is 9.27. The van der Waals surface area contributed by atoms with E-state index < -0.39 is 0 Å². The Morgan fingerprint density at radius 1 is 1.10 bits per heavy atom. The van der Waals surface area contributed by atoms with Gasteiger partial charge in [-0.05, 0) is 29.8 Å². The summed E-state index contributed by atoms with van der Waals surface area (Å²) in [5.74, 6) is 0.906. The van der Waals surface area contributed by atoms with Crippen molar-refractivity contribution in [3.63, 3.8) is 0 Å². The standard InChI is InChI=1S/C15H14ClN3.ClH/c16-11-7-5-10(6-8-11)12(17)9-15-18-13-3-1-2-4-14(13)19-15;/h1-8,12H,9,17H2,(H,18,19);1H/p-1. The van der Waals surface area contributed by atoms with Gasteiger partial charge in [-0.3, -0.25) is 0 Å². The molecule has 0 saturated heterocycles. The number of aromatic nitrogens is 2. The lowest BCUT2D eigenvalue weighted by atomic mass is 10.0. The number of rotatable bonds is 3. The van der Waals surface area contributed by atoms with Crippen molar-refractivity contribution in [3.05, 3.63) is 64.9 Å². The third-order valence-corrected chi connectivity index (χ3v) is 3.40. The van der Waals surface area contributed by atoms with Gasteiger partial charge in [0.05, 0.1) is 11.0 Å². The summed E-state index contributed by atoms with van der Waals surface area (Å²) in [7, 11) is 0. The molecule has 1 atom stereocenters. The molecule has 0 saturated carbocycles. The number of hydrogen-bond acceptors (Lipinski definition) is 2. The van der Waals surface area contributed by atoms with Crippen LogP contribution in [0.1, 0.15) is 17.4 Å². The van der Waals surface area contributed by atoms with Crippen molar-refractivity contribution in [2.45, 2.75) is 12.5 Å². The number of imidazole rings is 1. The quantitative estimate of drug-likeness (QED) is 0.739. The number of H-pyrrole nitrogens is 1. The maximum Gasteiger partial charge on any atom is 0.109 e. The van der Waals surface area contributed by atoms with E-state index in [0.717, 1.165) is 27.4 Å². The predicted molar refractivity (Wildman–Crippen MR) is 78.2 cm³/mol. The van der Waals surface area contributed by atoms with Crippen molar-refractivity contribution in [1.82, 2.24) is 9.97 Å². The Balaban J connectivity index is 0.00000147. The minimum absolute atomic E-state index is 0. The average molecular weight is 307 g/mol. The second-order valence-corrected chi connectivity index (χ2v) is 5.00. The third kappa shape index (κ3) is 3.12. The van der Waals surface area contributed by atoms with Crippen LogP contribution in [0, 0.1) is 0 Å².